The van der Waals surface area contributed by atoms with Crippen molar-refractivity contribution in [2.45, 2.75) is 13.8 Å². The lowest BCUT2D eigenvalue weighted by Crippen LogP contribution is -1.91. The van der Waals surface area contributed by atoms with E-state index >= 15 is 0 Å². The molecule has 0 saturated heterocycles. The Kier molecular flexibility index (Phi) is 2.26. The molecule has 2 nitrogen and oxygen atoms in total. The SMILES string of the molecule is C=NNc1cccc(C)c1C. The number of anilines is 1. The molecule has 1 N–H and O–H groups in total. The number of benzene rings is 1. The lowest BCUT2D eigenvalue weighted by atomic mass is 10.1. The molecule has 1 rings (SSSR count). The van der Waals surface area contributed by atoms with Crippen LogP contribution >= 0.6 is 0 Å². The minimum atomic E-state index is 1.03. The molecule has 0 fully saturated rings. The van der Waals surface area contributed by atoms with Gasteiger partial charge in [0, 0.05) is 6.72 Å². The summed E-state index contributed by atoms with van der Waals surface area (Å²) in [4.78, 5) is 0. The normalized spacial score (nSPS) is 9.27. The van der Waals surface area contributed by atoms with E-state index in [-0.39, 0.29) is 0 Å². The minimum Gasteiger partial charge on any atom is -0.279 e. The van der Waals surface area contributed by atoms with Crippen molar-refractivity contribution in [1.29, 1.82) is 0 Å². The van der Waals surface area contributed by atoms with Gasteiger partial charge in [0.25, 0.3) is 0 Å². The molecule has 0 radical (unpaired) electrons. The highest BCUT2D eigenvalue weighted by atomic mass is 15.3. The van der Waals surface area contributed by atoms with E-state index < -0.39 is 0 Å². The van der Waals surface area contributed by atoms with E-state index in [2.05, 4.69) is 37.2 Å². The Morgan fingerprint density at radius 3 is 2.73 bits per heavy atom. The number of nitrogens with one attached hydrogen (secondary N) is 1. The average Bonchev–Trinajstić information content (AvgIpc) is 1.99. The smallest absolute Gasteiger partial charge is 0.0593 e. The first kappa shape index (κ1) is 7.79. The molecule has 0 heterocycles. The zero-order valence-electron chi connectivity index (χ0n) is 6.89. The molecule has 0 aromatic heterocycles. The number of hydrazone groups is 1. The summed E-state index contributed by atoms with van der Waals surface area (Å²) >= 11 is 0. The van der Waals surface area contributed by atoms with Crippen LogP contribution in [0.1, 0.15) is 11.1 Å². The molecule has 0 bridgehead atoms. The van der Waals surface area contributed by atoms with Gasteiger partial charge in [0.1, 0.15) is 0 Å². The van der Waals surface area contributed by atoms with E-state index in [0.717, 1.165) is 5.69 Å². The first-order valence-corrected chi connectivity index (χ1v) is 3.53. The molecule has 0 spiro atoms. The first-order valence-electron chi connectivity index (χ1n) is 3.53. The maximum absolute atomic E-state index is 3.61. The summed E-state index contributed by atoms with van der Waals surface area (Å²) in [5.41, 5.74) is 6.34. The lowest BCUT2D eigenvalue weighted by Gasteiger charge is -2.05. The monoisotopic (exact) mass is 148 g/mol. The topological polar surface area (TPSA) is 24.4 Å². The number of hydrogen-bond acceptors (Lipinski definition) is 2. The zero-order valence-corrected chi connectivity index (χ0v) is 6.89. The van der Waals surface area contributed by atoms with Crippen molar-refractivity contribution in [3.8, 4) is 0 Å². The van der Waals surface area contributed by atoms with Crippen molar-refractivity contribution in [2.24, 2.45) is 5.10 Å². The molecular formula is C9H12N2. The molecule has 0 unspecified atom stereocenters. The Morgan fingerprint density at radius 2 is 2.09 bits per heavy atom. The quantitative estimate of drug-likeness (QED) is 0.505. The van der Waals surface area contributed by atoms with E-state index in [1.165, 1.54) is 11.1 Å². The molecular weight excluding hydrogens is 136 g/mol. The third kappa shape index (κ3) is 1.58. The Bertz CT molecular complexity index is 266. The molecule has 11 heavy (non-hydrogen) atoms. The van der Waals surface area contributed by atoms with Gasteiger partial charge < -0.3 is 0 Å². The van der Waals surface area contributed by atoms with Crippen molar-refractivity contribution >= 4 is 12.4 Å². The van der Waals surface area contributed by atoms with E-state index in [0.29, 0.717) is 0 Å². The third-order valence-corrected chi connectivity index (χ3v) is 1.80. The lowest BCUT2D eigenvalue weighted by molar-refractivity contribution is 1.28. The Labute approximate surface area is 66.9 Å². The van der Waals surface area contributed by atoms with Crippen LogP contribution < -0.4 is 5.43 Å². The van der Waals surface area contributed by atoms with Crippen molar-refractivity contribution in [2.75, 3.05) is 5.43 Å². The second-order valence-corrected chi connectivity index (χ2v) is 2.52. The minimum absolute atomic E-state index is 1.03. The summed E-state index contributed by atoms with van der Waals surface area (Å²) < 4.78 is 0. The molecule has 0 atom stereocenters. The van der Waals surface area contributed by atoms with Crippen molar-refractivity contribution in [3.63, 3.8) is 0 Å². The first-order chi connectivity index (χ1) is 5.25. The van der Waals surface area contributed by atoms with Gasteiger partial charge in [-0.3, -0.25) is 5.43 Å². The van der Waals surface area contributed by atoms with Gasteiger partial charge in [-0.25, -0.2) is 0 Å². The van der Waals surface area contributed by atoms with Crippen LogP contribution in [0, 0.1) is 13.8 Å². The number of hydrogen-bond donors (Lipinski definition) is 1. The third-order valence-electron chi connectivity index (χ3n) is 1.80. The highest BCUT2D eigenvalue weighted by Crippen LogP contribution is 2.17. The fourth-order valence-electron chi connectivity index (χ4n) is 0.957. The Balaban J connectivity index is 3.05. The molecule has 58 valence electrons. The molecule has 0 amide bonds. The average molecular weight is 148 g/mol. The van der Waals surface area contributed by atoms with Crippen LogP contribution in [-0.2, 0) is 0 Å². The molecule has 2 heteroatoms. The van der Waals surface area contributed by atoms with E-state index in [4.69, 9.17) is 0 Å². The second kappa shape index (κ2) is 3.19. The summed E-state index contributed by atoms with van der Waals surface area (Å²) in [5.74, 6) is 0. The summed E-state index contributed by atoms with van der Waals surface area (Å²) in [7, 11) is 0. The van der Waals surface area contributed by atoms with Crippen LogP contribution in [0.25, 0.3) is 0 Å². The predicted octanol–water partition coefficient (Wildman–Crippen LogP) is 2.33. The standard InChI is InChI=1S/C9H12N2/c1-7-5-4-6-9(8(7)2)11-10-3/h4-6,11H,3H2,1-2H3. The zero-order chi connectivity index (χ0) is 8.27. The summed E-state index contributed by atoms with van der Waals surface area (Å²) in [6.07, 6.45) is 0. The fraction of sp³-hybridized carbons (Fsp3) is 0.222. The predicted molar refractivity (Wildman–Crippen MR) is 49.1 cm³/mol. The molecule has 1 aromatic rings. The highest BCUT2D eigenvalue weighted by molar-refractivity contribution is 5.54. The maximum atomic E-state index is 3.61. The largest absolute Gasteiger partial charge is 0.279 e. The summed E-state index contributed by atoms with van der Waals surface area (Å²) in [6, 6.07) is 6.05. The van der Waals surface area contributed by atoms with Crippen LogP contribution in [0.4, 0.5) is 5.69 Å². The van der Waals surface area contributed by atoms with Crippen molar-refractivity contribution in [1.82, 2.24) is 0 Å². The van der Waals surface area contributed by atoms with Gasteiger partial charge in [0.2, 0.25) is 0 Å². The van der Waals surface area contributed by atoms with Gasteiger partial charge in [0.05, 0.1) is 5.69 Å². The number of rotatable bonds is 2. The van der Waals surface area contributed by atoms with Crippen molar-refractivity contribution < 1.29 is 0 Å². The fourth-order valence-corrected chi connectivity index (χ4v) is 0.957. The Morgan fingerprint density at radius 1 is 1.36 bits per heavy atom. The Hall–Kier alpha value is -1.31. The summed E-state index contributed by atoms with van der Waals surface area (Å²) in [5, 5.41) is 3.61. The summed E-state index contributed by atoms with van der Waals surface area (Å²) in [6.45, 7) is 7.50. The molecule has 0 aliphatic heterocycles. The van der Waals surface area contributed by atoms with E-state index in [1.54, 1.807) is 0 Å². The van der Waals surface area contributed by atoms with Crippen LogP contribution in [-0.4, -0.2) is 6.72 Å². The molecule has 0 aliphatic rings. The molecule has 0 aliphatic carbocycles. The van der Waals surface area contributed by atoms with Crippen LogP contribution in [0.3, 0.4) is 0 Å². The van der Waals surface area contributed by atoms with E-state index in [1.807, 2.05) is 12.1 Å². The van der Waals surface area contributed by atoms with Gasteiger partial charge in [-0.15, -0.1) is 0 Å². The van der Waals surface area contributed by atoms with Gasteiger partial charge in [-0.1, -0.05) is 12.1 Å². The van der Waals surface area contributed by atoms with Gasteiger partial charge in [-0.05, 0) is 31.0 Å². The number of aryl methyl sites for hydroxylation is 1. The van der Waals surface area contributed by atoms with Crippen LogP contribution in [0.2, 0.25) is 0 Å². The van der Waals surface area contributed by atoms with Gasteiger partial charge in [-0.2, -0.15) is 5.10 Å². The molecule has 0 saturated carbocycles. The van der Waals surface area contributed by atoms with Gasteiger partial charge in [0.15, 0.2) is 0 Å². The maximum Gasteiger partial charge on any atom is 0.0593 e. The second-order valence-electron chi connectivity index (χ2n) is 2.52. The van der Waals surface area contributed by atoms with Crippen LogP contribution in [0.15, 0.2) is 23.3 Å². The van der Waals surface area contributed by atoms with E-state index in [9.17, 15) is 0 Å². The van der Waals surface area contributed by atoms with Crippen molar-refractivity contribution in [3.05, 3.63) is 29.3 Å². The van der Waals surface area contributed by atoms with Gasteiger partial charge >= 0.3 is 0 Å². The number of nitrogens with zero attached hydrogens (tertiary/aromatic N) is 1. The highest BCUT2D eigenvalue weighted by Gasteiger charge is 1.96. The molecule has 1 aromatic carbocycles. The van der Waals surface area contributed by atoms with Crippen LogP contribution in [0.5, 0.6) is 0 Å².